The van der Waals surface area contributed by atoms with Crippen molar-refractivity contribution in [1.29, 1.82) is 0 Å². The first-order valence-corrected chi connectivity index (χ1v) is 11.2. The summed E-state index contributed by atoms with van der Waals surface area (Å²) in [4.78, 5) is 7.00. The predicted molar refractivity (Wildman–Crippen MR) is 116 cm³/mol. The number of nitrogens with one attached hydrogen (secondary N) is 2. The lowest BCUT2D eigenvalue weighted by atomic mass is 9.93. The molecule has 2 N–H and O–H groups in total. The number of nitrogens with zero attached hydrogens (tertiary/aromatic N) is 2. The maximum absolute atomic E-state index is 5.78. The van der Waals surface area contributed by atoms with Gasteiger partial charge in [-0.05, 0) is 53.3 Å². The number of fused-ring (bicyclic) bond motifs is 1. The van der Waals surface area contributed by atoms with Crippen LogP contribution in [-0.4, -0.2) is 50.2 Å². The molecule has 150 valence electrons. The van der Waals surface area contributed by atoms with Gasteiger partial charge in [0.15, 0.2) is 5.96 Å². The van der Waals surface area contributed by atoms with Crippen LogP contribution in [0.4, 0.5) is 0 Å². The monoisotopic (exact) mass is 398 g/mol. The first-order chi connectivity index (χ1) is 13.8. The van der Waals surface area contributed by atoms with Crippen LogP contribution < -0.4 is 15.4 Å². The number of para-hydroxylation sites is 1. The minimum absolute atomic E-state index is 0.468. The van der Waals surface area contributed by atoms with Crippen molar-refractivity contribution in [2.75, 3.05) is 33.3 Å². The van der Waals surface area contributed by atoms with Crippen molar-refractivity contribution in [2.24, 2.45) is 4.99 Å². The minimum atomic E-state index is 0.468. The fourth-order valence-electron chi connectivity index (χ4n) is 4.11. The molecule has 2 aliphatic heterocycles. The average Bonchev–Trinajstić information content (AvgIpc) is 3.25. The topological polar surface area (TPSA) is 48.9 Å². The first-order valence-electron chi connectivity index (χ1n) is 10.2. The lowest BCUT2D eigenvalue weighted by molar-refractivity contribution is 0.198. The molecule has 0 amide bonds. The van der Waals surface area contributed by atoms with Crippen molar-refractivity contribution in [1.82, 2.24) is 15.5 Å². The van der Waals surface area contributed by atoms with E-state index in [9.17, 15) is 0 Å². The molecule has 5 nitrogen and oxygen atoms in total. The summed E-state index contributed by atoms with van der Waals surface area (Å²) in [5.41, 5.74) is 2.74. The smallest absolute Gasteiger partial charge is 0.191 e. The van der Waals surface area contributed by atoms with E-state index in [1.807, 2.05) is 13.1 Å². The normalized spacial score (nSPS) is 21.0. The molecule has 1 saturated heterocycles. The van der Waals surface area contributed by atoms with Gasteiger partial charge >= 0.3 is 0 Å². The molecule has 1 aromatic heterocycles. The van der Waals surface area contributed by atoms with Gasteiger partial charge in [-0.1, -0.05) is 18.2 Å². The average molecular weight is 399 g/mol. The van der Waals surface area contributed by atoms with Crippen LogP contribution in [0.2, 0.25) is 0 Å². The van der Waals surface area contributed by atoms with Crippen LogP contribution in [0.25, 0.3) is 0 Å². The lowest BCUT2D eigenvalue weighted by Gasteiger charge is -2.33. The van der Waals surface area contributed by atoms with E-state index in [1.54, 1.807) is 11.3 Å². The number of thiophene rings is 1. The van der Waals surface area contributed by atoms with Gasteiger partial charge in [0, 0.05) is 45.2 Å². The van der Waals surface area contributed by atoms with Crippen LogP contribution in [0.5, 0.6) is 5.75 Å². The molecule has 0 bridgehead atoms. The molecule has 0 saturated carbocycles. The first kappa shape index (κ1) is 19.3. The van der Waals surface area contributed by atoms with Crippen LogP contribution in [0.1, 0.15) is 36.3 Å². The number of benzene rings is 1. The van der Waals surface area contributed by atoms with E-state index in [4.69, 9.17) is 4.74 Å². The highest BCUT2D eigenvalue weighted by Gasteiger charge is 2.23. The second-order valence-electron chi connectivity index (χ2n) is 7.65. The molecule has 0 aliphatic carbocycles. The van der Waals surface area contributed by atoms with E-state index >= 15 is 0 Å². The van der Waals surface area contributed by atoms with E-state index in [1.165, 1.54) is 11.1 Å². The Balaban J connectivity index is 1.24. The van der Waals surface area contributed by atoms with Gasteiger partial charge in [0.05, 0.1) is 6.61 Å². The molecule has 2 aromatic rings. The molecule has 1 fully saturated rings. The van der Waals surface area contributed by atoms with Crippen molar-refractivity contribution >= 4 is 17.3 Å². The van der Waals surface area contributed by atoms with E-state index in [0.29, 0.717) is 12.0 Å². The lowest BCUT2D eigenvalue weighted by Crippen LogP contribution is -2.49. The standard InChI is InChI=1S/C22H30N4OS/c1-23-22(24-14-18-8-12-27-21-5-3-2-4-20(18)21)25-19-6-10-26(11-7-19)15-17-9-13-28-16-17/h2-5,9,13,16,18-19H,6-8,10-12,14-15H2,1H3,(H2,23,24,25). The highest BCUT2D eigenvalue weighted by atomic mass is 32.1. The zero-order valence-electron chi connectivity index (χ0n) is 16.6. The van der Waals surface area contributed by atoms with Gasteiger partial charge < -0.3 is 15.4 Å². The number of hydrogen-bond donors (Lipinski definition) is 2. The summed E-state index contributed by atoms with van der Waals surface area (Å²) in [6.07, 6.45) is 3.36. The molecule has 28 heavy (non-hydrogen) atoms. The van der Waals surface area contributed by atoms with Crippen LogP contribution >= 0.6 is 11.3 Å². The van der Waals surface area contributed by atoms with Crippen LogP contribution in [0.3, 0.4) is 0 Å². The summed E-state index contributed by atoms with van der Waals surface area (Å²) in [5, 5.41) is 11.6. The summed E-state index contributed by atoms with van der Waals surface area (Å²) in [6, 6.07) is 11.1. The quantitative estimate of drug-likeness (QED) is 0.598. The number of likely N-dealkylation sites (tertiary alicyclic amines) is 1. The fourth-order valence-corrected chi connectivity index (χ4v) is 4.77. The Morgan fingerprint density at radius 2 is 2.07 bits per heavy atom. The fraction of sp³-hybridized carbons (Fsp3) is 0.500. The van der Waals surface area contributed by atoms with Gasteiger partial charge in [-0.3, -0.25) is 9.89 Å². The second kappa shape index (κ2) is 9.43. The van der Waals surface area contributed by atoms with Gasteiger partial charge in [-0.25, -0.2) is 0 Å². The van der Waals surface area contributed by atoms with Gasteiger partial charge in [-0.15, -0.1) is 0 Å². The largest absolute Gasteiger partial charge is 0.493 e. The summed E-state index contributed by atoms with van der Waals surface area (Å²) in [5.74, 6) is 2.41. The molecule has 0 radical (unpaired) electrons. The number of piperidine rings is 1. The second-order valence-corrected chi connectivity index (χ2v) is 8.43. The number of hydrogen-bond acceptors (Lipinski definition) is 4. The van der Waals surface area contributed by atoms with Gasteiger partial charge in [0.25, 0.3) is 0 Å². The third kappa shape index (κ3) is 4.86. The molecule has 2 aliphatic rings. The summed E-state index contributed by atoms with van der Waals surface area (Å²) >= 11 is 1.78. The van der Waals surface area contributed by atoms with E-state index < -0.39 is 0 Å². The molecular weight excluding hydrogens is 368 g/mol. The van der Waals surface area contributed by atoms with E-state index in [0.717, 1.165) is 63.8 Å². The Labute approximate surface area is 171 Å². The van der Waals surface area contributed by atoms with Crippen LogP contribution in [-0.2, 0) is 6.54 Å². The van der Waals surface area contributed by atoms with Crippen molar-refractivity contribution in [3.8, 4) is 5.75 Å². The zero-order chi connectivity index (χ0) is 19.2. The Bertz CT molecular complexity index is 769. The number of aliphatic imine (C=N–C) groups is 1. The minimum Gasteiger partial charge on any atom is -0.493 e. The Kier molecular flexibility index (Phi) is 6.49. The molecule has 1 atom stereocenters. The van der Waals surface area contributed by atoms with Crippen molar-refractivity contribution in [3.05, 3.63) is 52.2 Å². The van der Waals surface area contributed by atoms with Gasteiger partial charge in [-0.2, -0.15) is 11.3 Å². The Morgan fingerprint density at radius 1 is 1.21 bits per heavy atom. The van der Waals surface area contributed by atoms with Crippen molar-refractivity contribution in [2.45, 2.75) is 37.8 Å². The molecule has 1 unspecified atom stereocenters. The number of guanidine groups is 1. The van der Waals surface area contributed by atoms with Gasteiger partial charge in [0.1, 0.15) is 5.75 Å². The van der Waals surface area contributed by atoms with Gasteiger partial charge in [0.2, 0.25) is 0 Å². The maximum atomic E-state index is 5.78. The summed E-state index contributed by atoms with van der Waals surface area (Å²) < 4.78 is 5.78. The third-order valence-electron chi connectivity index (χ3n) is 5.74. The third-order valence-corrected chi connectivity index (χ3v) is 6.47. The summed E-state index contributed by atoms with van der Waals surface area (Å²) in [7, 11) is 1.86. The van der Waals surface area contributed by atoms with Crippen molar-refractivity contribution in [3.63, 3.8) is 0 Å². The van der Waals surface area contributed by atoms with E-state index in [2.05, 4.69) is 55.6 Å². The Hall–Kier alpha value is -2.05. The van der Waals surface area contributed by atoms with Crippen LogP contribution in [0.15, 0.2) is 46.1 Å². The van der Waals surface area contributed by atoms with Crippen molar-refractivity contribution < 1.29 is 4.74 Å². The summed E-state index contributed by atoms with van der Waals surface area (Å²) in [6.45, 7) is 5.02. The molecule has 1 aromatic carbocycles. The molecule has 3 heterocycles. The van der Waals surface area contributed by atoms with Crippen LogP contribution in [0, 0.1) is 0 Å². The highest BCUT2D eigenvalue weighted by molar-refractivity contribution is 7.07. The Morgan fingerprint density at radius 3 is 2.86 bits per heavy atom. The highest BCUT2D eigenvalue weighted by Crippen LogP contribution is 2.32. The number of ether oxygens (including phenoxy) is 1. The molecule has 4 rings (SSSR count). The number of rotatable bonds is 5. The SMILES string of the molecule is CN=C(NCC1CCOc2ccccc21)NC1CCN(Cc2ccsc2)CC1. The zero-order valence-corrected chi connectivity index (χ0v) is 17.4. The molecule has 6 heteroatoms. The molecular formula is C22H30N4OS. The maximum Gasteiger partial charge on any atom is 0.191 e. The predicted octanol–water partition coefficient (Wildman–Crippen LogP) is 3.44. The van der Waals surface area contributed by atoms with E-state index in [-0.39, 0.29) is 0 Å². The molecule has 0 spiro atoms.